The van der Waals surface area contributed by atoms with Gasteiger partial charge >= 0.3 is 0 Å². The zero-order valence-corrected chi connectivity index (χ0v) is 14.2. The van der Waals surface area contributed by atoms with Crippen LogP contribution in [-0.2, 0) is 0 Å². The Morgan fingerprint density at radius 3 is 2.58 bits per heavy atom. The second-order valence-corrected chi connectivity index (χ2v) is 6.77. The normalized spacial score (nSPS) is 12.3. The van der Waals surface area contributed by atoms with Crippen LogP contribution in [0.4, 0.5) is 11.4 Å². The smallest absolute Gasteiger partial charge is 0.0659 e. The van der Waals surface area contributed by atoms with Gasteiger partial charge in [0.25, 0.3) is 0 Å². The van der Waals surface area contributed by atoms with Crippen LogP contribution < -0.4 is 10.2 Å². The molecule has 0 spiro atoms. The minimum Gasteiger partial charge on any atom is -0.378 e. The maximum absolute atomic E-state index is 6.28. The number of nitrogens with zero attached hydrogens (tertiary/aromatic N) is 1. The minimum atomic E-state index is 0.246. The van der Waals surface area contributed by atoms with Crippen molar-refractivity contribution in [2.45, 2.75) is 13.0 Å². The van der Waals surface area contributed by atoms with E-state index in [0.29, 0.717) is 0 Å². The van der Waals surface area contributed by atoms with Crippen molar-refractivity contribution < 1.29 is 0 Å². The SMILES string of the molecule is CC(Nc1ccc(N(C)C)c(Cl)c1)c1sccc1Br. The third kappa shape index (κ3) is 3.44. The number of hydrogen-bond acceptors (Lipinski definition) is 3. The number of nitrogens with one attached hydrogen (secondary N) is 1. The van der Waals surface area contributed by atoms with Crippen LogP contribution in [0.15, 0.2) is 34.1 Å². The molecular formula is C14H16BrClN2S. The predicted octanol–water partition coefficient (Wildman–Crippen LogP) is 5.40. The molecule has 1 N–H and O–H groups in total. The topological polar surface area (TPSA) is 15.3 Å². The molecule has 2 aromatic rings. The molecule has 1 aromatic heterocycles. The summed E-state index contributed by atoms with van der Waals surface area (Å²) >= 11 is 11.6. The fourth-order valence-electron chi connectivity index (χ4n) is 1.89. The third-order valence-electron chi connectivity index (χ3n) is 2.85. The van der Waals surface area contributed by atoms with E-state index in [1.165, 1.54) is 4.88 Å². The summed E-state index contributed by atoms with van der Waals surface area (Å²) < 4.78 is 1.15. The molecule has 2 nitrogen and oxygen atoms in total. The first kappa shape index (κ1) is 14.7. The molecule has 0 aliphatic carbocycles. The molecule has 5 heteroatoms. The molecule has 1 aromatic carbocycles. The van der Waals surface area contributed by atoms with Gasteiger partial charge in [-0.2, -0.15) is 0 Å². The average Bonchev–Trinajstić information content (AvgIpc) is 2.75. The molecule has 0 fully saturated rings. The van der Waals surface area contributed by atoms with Crippen molar-refractivity contribution >= 4 is 50.2 Å². The molecular weight excluding hydrogens is 344 g/mol. The van der Waals surface area contributed by atoms with E-state index in [1.54, 1.807) is 11.3 Å². The lowest BCUT2D eigenvalue weighted by molar-refractivity contribution is 0.903. The first-order valence-electron chi connectivity index (χ1n) is 5.95. The molecule has 0 radical (unpaired) electrons. The molecule has 0 bridgehead atoms. The summed E-state index contributed by atoms with van der Waals surface area (Å²) in [6.07, 6.45) is 0. The van der Waals surface area contributed by atoms with Crippen LogP contribution in [0.2, 0.25) is 5.02 Å². The van der Waals surface area contributed by atoms with Gasteiger partial charge in [0.1, 0.15) is 0 Å². The van der Waals surface area contributed by atoms with E-state index in [0.717, 1.165) is 20.9 Å². The lowest BCUT2D eigenvalue weighted by atomic mass is 10.2. The number of benzene rings is 1. The standard InChI is InChI=1S/C14H16BrClN2S/c1-9(14-11(15)6-7-19-14)17-10-4-5-13(18(2)3)12(16)8-10/h4-9,17H,1-3H3. The van der Waals surface area contributed by atoms with Gasteiger partial charge in [0.05, 0.1) is 16.8 Å². The second-order valence-electron chi connectivity index (χ2n) is 4.56. The van der Waals surface area contributed by atoms with Crippen LogP contribution in [0.25, 0.3) is 0 Å². The zero-order valence-electron chi connectivity index (χ0n) is 11.1. The van der Waals surface area contributed by atoms with Crippen molar-refractivity contribution in [3.63, 3.8) is 0 Å². The molecule has 0 amide bonds. The number of halogens is 2. The van der Waals surface area contributed by atoms with E-state index in [9.17, 15) is 0 Å². The Kier molecular flexibility index (Phi) is 4.76. The fourth-order valence-corrected chi connectivity index (χ4v) is 3.96. The number of hydrogen-bond donors (Lipinski definition) is 1. The van der Waals surface area contributed by atoms with Gasteiger partial charge in [-0.1, -0.05) is 11.6 Å². The van der Waals surface area contributed by atoms with Gasteiger partial charge in [-0.15, -0.1) is 11.3 Å². The summed E-state index contributed by atoms with van der Waals surface area (Å²) in [7, 11) is 3.97. The van der Waals surface area contributed by atoms with Gasteiger partial charge < -0.3 is 10.2 Å². The highest BCUT2D eigenvalue weighted by Crippen LogP contribution is 2.33. The van der Waals surface area contributed by atoms with Crippen LogP contribution in [0.1, 0.15) is 17.8 Å². The molecule has 19 heavy (non-hydrogen) atoms. The molecule has 0 aliphatic heterocycles. The molecule has 0 aliphatic rings. The summed E-state index contributed by atoms with van der Waals surface area (Å²) in [5.74, 6) is 0. The summed E-state index contributed by atoms with van der Waals surface area (Å²) in [5.41, 5.74) is 2.06. The van der Waals surface area contributed by atoms with Gasteiger partial charge in [-0.25, -0.2) is 0 Å². The minimum absolute atomic E-state index is 0.246. The molecule has 1 heterocycles. The van der Waals surface area contributed by atoms with Crippen molar-refractivity contribution in [3.8, 4) is 0 Å². The van der Waals surface area contributed by atoms with Crippen molar-refractivity contribution in [1.29, 1.82) is 0 Å². The van der Waals surface area contributed by atoms with Crippen LogP contribution >= 0.6 is 38.9 Å². The first-order chi connectivity index (χ1) is 8.99. The molecule has 102 valence electrons. The van der Waals surface area contributed by atoms with Crippen LogP contribution in [0, 0.1) is 0 Å². The molecule has 2 rings (SSSR count). The first-order valence-corrected chi connectivity index (χ1v) is 8.00. The number of anilines is 2. The third-order valence-corrected chi connectivity index (χ3v) is 5.21. The number of rotatable bonds is 4. The Morgan fingerprint density at radius 1 is 1.32 bits per heavy atom. The van der Waals surface area contributed by atoms with Crippen molar-refractivity contribution in [3.05, 3.63) is 44.0 Å². The predicted molar refractivity (Wildman–Crippen MR) is 89.8 cm³/mol. The average molecular weight is 360 g/mol. The highest BCUT2D eigenvalue weighted by Gasteiger charge is 2.11. The number of thiophene rings is 1. The van der Waals surface area contributed by atoms with E-state index < -0.39 is 0 Å². The lowest BCUT2D eigenvalue weighted by Crippen LogP contribution is -2.10. The van der Waals surface area contributed by atoms with Gasteiger partial charge in [0.15, 0.2) is 0 Å². The van der Waals surface area contributed by atoms with E-state index >= 15 is 0 Å². The Bertz CT molecular complexity index is 568. The van der Waals surface area contributed by atoms with Crippen LogP contribution in [0.5, 0.6) is 0 Å². The van der Waals surface area contributed by atoms with Crippen molar-refractivity contribution in [1.82, 2.24) is 0 Å². The molecule has 1 unspecified atom stereocenters. The maximum Gasteiger partial charge on any atom is 0.0659 e. The monoisotopic (exact) mass is 358 g/mol. The summed E-state index contributed by atoms with van der Waals surface area (Å²) in [6.45, 7) is 2.14. The van der Waals surface area contributed by atoms with Gasteiger partial charge in [0, 0.05) is 29.1 Å². The van der Waals surface area contributed by atoms with Gasteiger partial charge in [-0.05, 0) is 52.5 Å². The quantitative estimate of drug-likeness (QED) is 0.786. The molecule has 0 saturated heterocycles. The van der Waals surface area contributed by atoms with Crippen molar-refractivity contribution in [2.24, 2.45) is 0 Å². The lowest BCUT2D eigenvalue weighted by Gasteiger charge is -2.18. The van der Waals surface area contributed by atoms with Gasteiger partial charge in [-0.3, -0.25) is 0 Å². The van der Waals surface area contributed by atoms with E-state index in [2.05, 4.69) is 45.7 Å². The van der Waals surface area contributed by atoms with E-state index in [-0.39, 0.29) is 6.04 Å². The fraction of sp³-hybridized carbons (Fsp3) is 0.286. The highest BCUT2D eigenvalue weighted by molar-refractivity contribution is 9.10. The van der Waals surface area contributed by atoms with Crippen LogP contribution in [-0.4, -0.2) is 14.1 Å². The van der Waals surface area contributed by atoms with Crippen molar-refractivity contribution in [2.75, 3.05) is 24.3 Å². The summed E-state index contributed by atoms with van der Waals surface area (Å²) in [5, 5.41) is 6.31. The Morgan fingerprint density at radius 2 is 2.05 bits per heavy atom. The zero-order chi connectivity index (χ0) is 14.0. The summed E-state index contributed by atoms with van der Waals surface area (Å²) in [6, 6.07) is 8.37. The molecule has 0 saturated carbocycles. The second kappa shape index (κ2) is 6.16. The summed E-state index contributed by atoms with van der Waals surface area (Å²) in [4.78, 5) is 3.29. The van der Waals surface area contributed by atoms with E-state index in [4.69, 9.17) is 11.6 Å². The largest absolute Gasteiger partial charge is 0.378 e. The Hall–Kier alpha value is -0.710. The Balaban J connectivity index is 2.16. The molecule has 1 atom stereocenters. The van der Waals surface area contributed by atoms with Gasteiger partial charge in [0.2, 0.25) is 0 Å². The highest BCUT2D eigenvalue weighted by atomic mass is 79.9. The van der Waals surface area contributed by atoms with E-state index in [1.807, 2.05) is 31.1 Å². The maximum atomic E-state index is 6.28. The van der Waals surface area contributed by atoms with Crippen LogP contribution in [0.3, 0.4) is 0 Å². The Labute approximate surface area is 131 Å².